The monoisotopic (exact) mass is 425 g/mol. The minimum absolute atomic E-state index is 0.120. The van der Waals surface area contributed by atoms with Gasteiger partial charge in [-0.1, -0.05) is 36.4 Å². The van der Waals surface area contributed by atoms with Crippen molar-refractivity contribution >= 4 is 33.0 Å². The molecular weight excluding hydrogens is 406 g/mol. The number of carbonyl (C=O) groups excluding carboxylic acids is 1. The standard InChI is InChI=1S/C21H19N3O5S/c1-30(28,29)23(19-7-3-2-4-8-19)15-16-10-12-17(13-11-16)21(25)22-18-6-5-9-20(14-18)24(26)27/h2-14H,15H2,1H3,(H,22,25). The van der Waals surface area contributed by atoms with Crippen LogP contribution in [-0.2, 0) is 16.6 Å². The zero-order valence-electron chi connectivity index (χ0n) is 16.1. The Bertz CT molecular complexity index is 1160. The molecule has 9 heteroatoms. The lowest BCUT2D eigenvalue weighted by molar-refractivity contribution is -0.384. The van der Waals surface area contributed by atoms with Crippen LogP contribution in [0.1, 0.15) is 15.9 Å². The number of hydrogen-bond donors (Lipinski definition) is 1. The van der Waals surface area contributed by atoms with Gasteiger partial charge in [-0.15, -0.1) is 0 Å². The molecule has 0 atom stereocenters. The predicted octanol–water partition coefficient (Wildman–Crippen LogP) is 3.81. The van der Waals surface area contributed by atoms with Gasteiger partial charge in [-0.3, -0.25) is 19.2 Å². The van der Waals surface area contributed by atoms with E-state index in [2.05, 4.69) is 5.32 Å². The van der Waals surface area contributed by atoms with Gasteiger partial charge in [0.05, 0.1) is 23.4 Å². The maximum absolute atomic E-state index is 12.4. The third kappa shape index (κ3) is 5.21. The maximum atomic E-state index is 12.4. The van der Waals surface area contributed by atoms with Crippen LogP contribution in [-0.4, -0.2) is 25.5 Å². The number of sulfonamides is 1. The van der Waals surface area contributed by atoms with Crippen LogP contribution in [0.25, 0.3) is 0 Å². The Morgan fingerprint density at radius 1 is 1.00 bits per heavy atom. The van der Waals surface area contributed by atoms with E-state index in [1.807, 2.05) is 0 Å². The van der Waals surface area contributed by atoms with Gasteiger partial charge in [0.25, 0.3) is 11.6 Å². The molecule has 0 radical (unpaired) electrons. The highest BCUT2D eigenvalue weighted by molar-refractivity contribution is 7.92. The molecule has 0 fully saturated rings. The highest BCUT2D eigenvalue weighted by atomic mass is 32.2. The number of rotatable bonds is 7. The van der Waals surface area contributed by atoms with Crippen molar-refractivity contribution in [3.8, 4) is 0 Å². The molecule has 0 aliphatic carbocycles. The van der Waals surface area contributed by atoms with Crippen LogP contribution in [0.3, 0.4) is 0 Å². The molecule has 0 aliphatic heterocycles. The fraction of sp³-hybridized carbons (Fsp3) is 0.0952. The molecule has 0 bridgehead atoms. The Balaban J connectivity index is 1.75. The van der Waals surface area contributed by atoms with E-state index >= 15 is 0 Å². The molecular formula is C21H19N3O5S. The smallest absolute Gasteiger partial charge is 0.271 e. The highest BCUT2D eigenvalue weighted by Crippen LogP contribution is 2.21. The van der Waals surface area contributed by atoms with Gasteiger partial charge < -0.3 is 5.32 Å². The third-order valence-corrected chi connectivity index (χ3v) is 5.44. The molecule has 0 aliphatic rings. The first kappa shape index (κ1) is 21.0. The molecule has 0 unspecified atom stereocenters. The lowest BCUT2D eigenvalue weighted by atomic mass is 10.1. The molecule has 0 spiro atoms. The van der Waals surface area contributed by atoms with Gasteiger partial charge in [0, 0.05) is 23.4 Å². The molecule has 8 nitrogen and oxygen atoms in total. The van der Waals surface area contributed by atoms with E-state index < -0.39 is 20.9 Å². The van der Waals surface area contributed by atoms with Crippen molar-refractivity contribution < 1.29 is 18.1 Å². The Labute approximate surface area is 174 Å². The summed E-state index contributed by atoms with van der Waals surface area (Å²) < 4.78 is 25.7. The van der Waals surface area contributed by atoms with Crippen molar-refractivity contribution in [1.82, 2.24) is 0 Å². The van der Waals surface area contributed by atoms with E-state index in [1.54, 1.807) is 60.7 Å². The normalized spacial score (nSPS) is 11.0. The van der Waals surface area contributed by atoms with Gasteiger partial charge in [0.2, 0.25) is 10.0 Å². The van der Waals surface area contributed by atoms with Crippen LogP contribution in [0.15, 0.2) is 78.9 Å². The number of para-hydroxylation sites is 1. The maximum Gasteiger partial charge on any atom is 0.271 e. The van der Waals surface area contributed by atoms with Crippen LogP contribution in [0, 0.1) is 10.1 Å². The molecule has 154 valence electrons. The second-order valence-electron chi connectivity index (χ2n) is 6.56. The molecule has 0 heterocycles. The Hall–Kier alpha value is -3.72. The van der Waals surface area contributed by atoms with Gasteiger partial charge >= 0.3 is 0 Å². The average molecular weight is 425 g/mol. The third-order valence-electron chi connectivity index (χ3n) is 4.30. The van der Waals surface area contributed by atoms with E-state index in [4.69, 9.17) is 0 Å². The predicted molar refractivity (Wildman–Crippen MR) is 115 cm³/mol. The minimum Gasteiger partial charge on any atom is -0.322 e. The molecule has 3 rings (SSSR count). The van der Waals surface area contributed by atoms with E-state index in [0.29, 0.717) is 22.5 Å². The minimum atomic E-state index is -3.50. The number of amides is 1. The summed E-state index contributed by atoms with van der Waals surface area (Å²) in [7, 11) is -3.50. The first-order valence-corrected chi connectivity index (χ1v) is 10.8. The number of anilines is 2. The molecule has 0 saturated carbocycles. The van der Waals surface area contributed by atoms with Crippen LogP contribution in [0.2, 0.25) is 0 Å². The largest absolute Gasteiger partial charge is 0.322 e. The van der Waals surface area contributed by atoms with Crippen molar-refractivity contribution in [1.29, 1.82) is 0 Å². The van der Waals surface area contributed by atoms with Gasteiger partial charge in [-0.05, 0) is 35.9 Å². The number of benzene rings is 3. The first-order chi connectivity index (χ1) is 14.2. The lowest BCUT2D eigenvalue weighted by Crippen LogP contribution is -2.29. The van der Waals surface area contributed by atoms with Crippen LogP contribution >= 0.6 is 0 Å². The summed E-state index contributed by atoms with van der Waals surface area (Å²) in [5, 5.41) is 13.5. The molecule has 3 aromatic carbocycles. The van der Waals surface area contributed by atoms with Gasteiger partial charge in [-0.25, -0.2) is 8.42 Å². The van der Waals surface area contributed by atoms with Crippen LogP contribution in [0.5, 0.6) is 0 Å². The van der Waals surface area contributed by atoms with E-state index in [-0.39, 0.29) is 12.2 Å². The van der Waals surface area contributed by atoms with Crippen LogP contribution in [0.4, 0.5) is 17.1 Å². The number of nitrogens with zero attached hydrogens (tertiary/aromatic N) is 2. The van der Waals surface area contributed by atoms with Crippen molar-refractivity contribution in [2.75, 3.05) is 15.9 Å². The number of hydrogen-bond acceptors (Lipinski definition) is 5. The first-order valence-electron chi connectivity index (χ1n) is 8.91. The zero-order chi connectivity index (χ0) is 21.7. The zero-order valence-corrected chi connectivity index (χ0v) is 16.9. The Morgan fingerprint density at radius 3 is 2.27 bits per heavy atom. The summed E-state index contributed by atoms with van der Waals surface area (Å²) in [5.41, 5.74) is 1.79. The summed E-state index contributed by atoms with van der Waals surface area (Å²) >= 11 is 0. The fourth-order valence-electron chi connectivity index (χ4n) is 2.82. The summed E-state index contributed by atoms with van der Waals surface area (Å²) in [6.45, 7) is 0.121. The van der Waals surface area contributed by atoms with Crippen molar-refractivity contribution in [3.63, 3.8) is 0 Å². The fourth-order valence-corrected chi connectivity index (χ4v) is 3.71. The second-order valence-corrected chi connectivity index (χ2v) is 8.47. The Morgan fingerprint density at radius 2 is 1.67 bits per heavy atom. The van der Waals surface area contributed by atoms with Gasteiger partial charge in [0.1, 0.15) is 0 Å². The summed E-state index contributed by atoms with van der Waals surface area (Å²) in [6.07, 6.45) is 1.14. The van der Waals surface area contributed by atoms with Crippen molar-refractivity contribution in [2.45, 2.75) is 6.54 Å². The second kappa shape index (κ2) is 8.75. The van der Waals surface area contributed by atoms with E-state index in [0.717, 1.165) is 6.26 Å². The van der Waals surface area contributed by atoms with Crippen molar-refractivity contribution in [3.05, 3.63) is 100 Å². The molecule has 30 heavy (non-hydrogen) atoms. The number of nitro benzene ring substituents is 1. The van der Waals surface area contributed by atoms with Gasteiger partial charge in [0.15, 0.2) is 0 Å². The van der Waals surface area contributed by atoms with E-state index in [9.17, 15) is 23.3 Å². The number of nitro groups is 1. The summed E-state index contributed by atoms with van der Waals surface area (Å²) in [6, 6.07) is 20.9. The van der Waals surface area contributed by atoms with Crippen LogP contribution < -0.4 is 9.62 Å². The quantitative estimate of drug-likeness (QED) is 0.457. The SMILES string of the molecule is CS(=O)(=O)N(Cc1ccc(C(=O)Nc2cccc([N+](=O)[O-])c2)cc1)c1ccccc1. The number of non-ortho nitro benzene ring substituents is 1. The van der Waals surface area contributed by atoms with Gasteiger partial charge in [-0.2, -0.15) is 0 Å². The average Bonchev–Trinajstić information content (AvgIpc) is 2.72. The highest BCUT2D eigenvalue weighted by Gasteiger charge is 2.18. The summed E-state index contributed by atoms with van der Waals surface area (Å²) in [5.74, 6) is -0.426. The van der Waals surface area contributed by atoms with Crippen molar-refractivity contribution in [2.24, 2.45) is 0 Å². The topological polar surface area (TPSA) is 110 Å². The van der Waals surface area contributed by atoms with E-state index in [1.165, 1.54) is 22.5 Å². The lowest BCUT2D eigenvalue weighted by Gasteiger charge is -2.22. The molecule has 0 saturated heterocycles. The Kier molecular flexibility index (Phi) is 6.12. The molecule has 3 aromatic rings. The molecule has 1 N–H and O–H groups in total. The number of nitrogens with one attached hydrogen (secondary N) is 1. The molecule has 1 amide bonds. The number of carbonyl (C=O) groups is 1. The summed E-state index contributed by atoms with van der Waals surface area (Å²) in [4.78, 5) is 22.7. The molecule has 0 aromatic heterocycles.